The van der Waals surface area contributed by atoms with Gasteiger partial charge in [0.05, 0.1) is 11.1 Å². The van der Waals surface area contributed by atoms with Crippen LogP contribution in [0.1, 0.15) is 32.4 Å². The van der Waals surface area contributed by atoms with Crippen molar-refractivity contribution in [2.24, 2.45) is 5.73 Å². The van der Waals surface area contributed by atoms with Crippen LogP contribution in [-0.4, -0.2) is 48.1 Å². The molecule has 0 aromatic heterocycles. The molecule has 0 aliphatic carbocycles. The van der Waals surface area contributed by atoms with E-state index in [0.29, 0.717) is 12.1 Å². The molecule has 3 nitrogen and oxygen atoms in total. The predicted octanol–water partition coefficient (Wildman–Crippen LogP) is 2.90. The zero-order chi connectivity index (χ0) is 15.6. The smallest absolute Gasteiger partial charge is 0.146 e. The van der Waals surface area contributed by atoms with Gasteiger partial charge in [-0.3, -0.25) is 9.80 Å². The summed E-state index contributed by atoms with van der Waals surface area (Å²) in [6, 6.07) is 5.04. The van der Waals surface area contributed by atoms with E-state index < -0.39 is 0 Å². The first-order chi connectivity index (χ1) is 9.84. The van der Waals surface area contributed by atoms with Crippen LogP contribution in [0.25, 0.3) is 0 Å². The molecule has 0 radical (unpaired) electrons. The Bertz CT molecular complexity index is 479. The molecule has 1 atom stereocenters. The van der Waals surface area contributed by atoms with E-state index in [2.05, 4.69) is 30.6 Å². The normalized spacial score (nSPS) is 19.7. The van der Waals surface area contributed by atoms with Gasteiger partial charge in [0.15, 0.2) is 0 Å². The van der Waals surface area contributed by atoms with E-state index in [4.69, 9.17) is 17.3 Å². The molecule has 1 aliphatic rings. The fraction of sp³-hybridized carbons (Fsp3) is 0.625. The minimum atomic E-state index is -0.340. The molecule has 1 unspecified atom stereocenters. The third-order valence-corrected chi connectivity index (χ3v) is 4.56. The highest BCUT2D eigenvalue weighted by atomic mass is 35.5. The Morgan fingerprint density at radius 3 is 2.38 bits per heavy atom. The van der Waals surface area contributed by atoms with Crippen LogP contribution in [0.3, 0.4) is 0 Å². The summed E-state index contributed by atoms with van der Waals surface area (Å²) in [5.74, 6) is -0.340. The lowest BCUT2D eigenvalue weighted by atomic mass is 10.0. The molecule has 5 heteroatoms. The number of nitrogens with two attached hydrogens (primary N) is 1. The molecule has 0 saturated carbocycles. The van der Waals surface area contributed by atoms with Gasteiger partial charge in [-0.25, -0.2) is 4.39 Å². The molecule has 1 fully saturated rings. The van der Waals surface area contributed by atoms with Crippen molar-refractivity contribution in [2.75, 3.05) is 32.7 Å². The molecule has 0 amide bonds. The Kier molecular flexibility index (Phi) is 5.25. The van der Waals surface area contributed by atoms with E-state index in [1.54, 1.807) is 18.2 Å². The van der Waals surface area contributed by atoms with Crippen molar-refractivity contribution in [3.8, 4) is 0 Å². The highest BCUT2D eigenvalue weighted by Crippen LogP contribution is 2.28. The number of hydrogen-bond acceptors (Lipinski definition) is 3. The van der Waals surface area contributed by atoms with E-state index in [9.17, 15) is 4.39 Å². The van der Waals surface area contributed by atoms with Gasteiger partial charge in [-0.15, -0.1) is 0 Å². The predicted molar refractivity (Wildman–Crippen MR) is 86.1 cm³/mol. The Balaban J connectivity index is 2.12. The Morgan fingerprint density at radius 1 is 1.24 bits per heavy atom. The van der Waals surface area contributed by atoms with Gasteiger partial charge >= 0.3 is 0 Å². The summed E-state index contributed by atoms with van der Waals surface area (Å²) < 4.78 is 14.2. The van der Waals surface area contributed by atoms with Crippen molar-refractivity contribution in [3.05, 3.63) is 34.6 Å². The number of halogens is 2. The Hall–Kier alpha value is -0.680. The Morgan fingerprint density at radius 2 is 1.86 bits per heavy atom. The lowest BCUT2D eigenvalue weighted by molar-refractivity contribution is 0.0426. The molecule has 1 aliphatic heterocycles. The van der Waals surface area contributed by atoms with Gasteiger partial charge in [0.25, 0.3) is 0 Å². The highest BCUT2D eigenvalue weighted by molar-refractivity contribution is 6.30. The fourth-order valence-corrected chi connectivity index (χ4v) is 3.14. The molecule has 1 saturated heterocycles. The van der Waals surface area contributed by atoms with E-state index in [1.807, 2.05) is 0 Å². The monoisotopic (exact) mass is 313 g/mol. The van der Waals surface area contributed by atoms with Crippen molar-refractivity contribution in [1.82, 2.24) is 9.80 Å². The third-order valence-electron chi connectivity index (χ3n) is 4.27. The van der Waals surface area contributed by atoms with Gasteiger partial charge in [0, 0.05) is 43.8 Å². The van der Waals surface area contributed by atoms with Crippen molar-refractivity contribution < 1.29 is 4.39 Å². The Labute approximate surface area is 131 Å². The number of benzene rings is 1. The largest absolute Gasteiger partial charge is 0.329 e. The third kappa shape index (κ3) is 3.75. The summed E-state index contributed by atoms with van der Waals surface area (Å²) in [7, 11) is 0. The fourth-order valence-electron chi connectivity index (χ4n) is 2.95. The van der Waals surface area contributed by atoms with Crippen LogP contribution < -0.4 is 5.73 Å². The molecule has 1 heterocycles. The molecule has 1 aromatic carbocycles. The lowest BCUT2D eigenvalue weighted by Gasteiger charge is -2.44. The van der Waals surface area contributed by atoms with E-state index in [-0.39, 0.29) is 22.4 Å². The van der Waals surface area contributed by atoms with E-state index in [1.165, 1.54) is 0 Å². The zero-order valence-corrected chi connectivity index (χ0v) is 13.8. The number of piperazine rings is 1. The van der Waals surface area contributed by atoms with Crippen LogP contribution >= 0.6 is 11.6 Å². The highest BCUT2D eigenvalue weighted by Gasteiger charge is 2.30. The molecule has 21 heavy (non-hydrogen) atoms. The summed E-state index contributed by atoms with van der Waals surface area (Å²) in [5.41, 5.74) is 6.69. The second-order valence-corrected chi connectivity index (χ2v) is 7.00. The summed E-state index contributed by atoms with van der Waals surface area (Å²) in [5, 5.41) is 0.166. The summed E-state index contributed by atoms with van der Waals surface area (Å²) in [6.07, 6.45) is 0. The average Bonchev–Trinajstić information content (AvgIpc) is 2.44. The number of rotatable bonds is 3. The molecular weight excluding hydrogens is 289 g/mol. The maximum Gasteiger partial charge on any atom is 0.146 e. The van der Waals surface area contributed by atoms with Gasteiger partial charge in [-0.1, -0.05) is 23.7 Å². The molecule has 2 rings (SSSR count). The number of nitrogens with zero attached hydrogens (tertiary/aromatic N) is 2. The van der Waals surface area contributed by atoms with Crippen LogP contribution in [0.5, 0.6) is 0 Å². The zero-order valence-electron chi connectivity index (χ0n) is 13.1. The van der Waals surface area contributed by atoms with E-state index in [0.717, 1.165) is 26.2 Å². The molecule has 0 bridgehead atoms. The lowest BCUT2D eigenvalue weighted by Crippen LogP contribution is -2.54. The van der Waals surface area contributed by atoms with Gasteiger partial charge in [-0.2, -0.15) is 0 Å². The van der Waals surface area contributed by atoms with Crippen LogP contribution in [0.4, 0.5) is 4.39 Å². The molecular formula is C16H25ClFN3. The first kappa shape index (κ1) is 16.7. The van der Waals surface area contributed by atoms with E-state index >= 15 is 0 Å². The summed E-state index contributed by atoms with van der Waals surface area (Å²) in [4.78, 5) is 4.71. The summed E-state index contributed by atoms with van der Waals surface area (Å²) >= 11 is 5.89. The second kappa shape index (κ2) is 6.61. The van der Waals surface area contributed by atoms with Crippen LogP contribution in [0.15, 0.2) is 18.2 Å². The van der Waals surface area contributed by atoms with Gasteiger partial charge < -0.3 is 5.73 Å². The maximum absolute atomic E-state index is 14.2. The van der Waals surface area contributed by atoms with Gasteiger partial charge in [0.1, 0.15) is 5.82 Å². The van der Waals surface area contributed by atoms with Gasteiger partial charge in [-0.05, 0) is 26.8 Å². The quantitative estimate of drug-likeness (QED) is 0.931. The van der Waals surface area contributed by atoms with Gasteiger partial charge in [0.2, 0.25) is 0 Å². The average molecular weight is 314 g/mol. The minimum absolute atomic E-state index is 0.106. The van der Waals surface area contributed by atoms with Crippen LogP contribution in [-0.2, 0) is 0 Å². The first-order valence-electron chi connectivity index (χ1n) is 7.47. The van der Waals surface area contributed by atoms with Crippen LogP contribution in [0, 0.1) is 5.82 Å². The SMILES string of the molecule is CC(C)(C)N1CCN(C(CN)c2cccc(Cl)c2F)CC1. The van der Waals surface area contributed by atoms with Crippen molar-refractivity contribution in [1.29, 1.82) is 0 Å². The molecule has 1 aromatic rings. The molecule has 118 valence electrons. The standard InChI is InChI=1S/C16H25ClFN3/c1-16(2,3)21-9-7-20(8-10-21)14(11-19)12-5-4-6-13(17)15(12)18/h4-6,14H,7-11,19H2,1-3H3. The molecule has 0 spiro atoms. The van der Waals surface area contributed by atoms with Crippen LogP contribution in [0.2, 0.25) is 5.02 Å². The maximum atomic E-state index is 14.2. The minimum Gasteiger partial charge on any atom is -0.329 e. The number of hydrogen-bond donors (Lipinski definition) is 1. The van der Waals surface area contributed by atoms with Crippen molar-refractivity contribution in [2.45, 2.75) is 32.4 Å². The second-order valence-electron chi connectivity index (χ2n) is 6.59. The first-order valence-corrected chi connectivity index (χ1v) is 7.85. The van der Waals surface area contributed by atoms with Crippen molar-refractivity contribution in [3.63, 3.8) is 0 Å². The topological polar surface area (TPSA) is 32.5 Å². The van der Waals surface area contributed by atoms with Crippen molar-refractivity contribution >= 4 is 11.6 Å². The summed E-state index contributed by atoms with van der Waals surface area (Å²) in [6.45, 7) is 10.8. The molecule has 2 N–H and O–H groups in total.